The zero-order valence-corrected chi connectivity index (χ0v) is 23.9. The molecule has 9 nitrogen and oxygen atoms in total. The van der Waals surface area contributed by atoms with Crippen molar-refractivity contribution >= 4 is 55.8 Å². The van der Waals surface area contributed by atoms with Gasteiger partial charge in [0.15, 0.2) is 0 Å². The van der Waals surface area contributed by atoms with Crippen LogP contribution in [0.15, 0.2) is 88.8 Å². The van der Waals surface area contributed by atoms with Gasteiger partial charge in [0.2, 0.25) is 5.89 Å². The Hall–Kier alpha value is -3.86. The highest BCUT2D eigenvalue weighted by molar-refractivity contribution is 7.93. The first kappa shape index (κ1) is 27.7. The van der Waals surface area contributed by atoms with Crippen LogP contribution in [0, 0.1) is 5.41 Å². The number of benzene rings is 2. The minimum absolute atomic E-state index is 0.112. The molecule has 1 N–H and O–H groups in total. The monoisotopic (exact) mass is 598 g/mol. The van der Waals surface area contributed by atoms with Crippen molar-refractivity contribution in [2.24, 2.45) is 5.41 Å². The second-order valence-electron chi connectivity index (χ2n) is 10.2. The molecule has 12 heteroatoms. The molecule has 3 heterocycles. The van der Waals surface area contributed by atoms with Crippen LogP contribution in [0.5, 0.6) is 0 Å². The van der Waals surface area contributed by atoms with Gasteiger partial charge < -0.3 is 14.1 Å². The number of sulfonamides is 1. The Kier molecular flexibility index (Phi) is 7.11. The van der Waals surface area contributed by atoms with Gasteiger partial charge in [-0.2, -0.15) is 0 Å². The molecule has 0 saturated heterocycles. The first-order valence-electron chi connectivity index (χ1n) is 12.1. The average molecular weight is 599 g/mol. The summed E-state index contributed by atoms with van der Waals surface area (Å²) in [6.45, 7) is 5.00. The van der Waals surface area contributed by atoms with Crippen LogP contribution in [0.2, 0.25) is 10.0 Å². The van der Waals surface area contributed by atoms with Gasteiger partial charge in [-0.1, -0.05) is 44.0 Å². The molecule has 5 rings (SSSR count). The van der Waals surface area contributed by atoms with Crippen molar-refractivity contribution < 1.29 is 22.7 Å². The number of fused-ring (bicyclic) bond motifs is 1. The van der Waals surface area contributed by atoms with E-state index in [2.05, 4.69) is 9.97 Å². The van der Waals surface area contributed by atoms with E-state index in [1.54, 1.807) is 69.7 Å². The number of rotatable bonds is 7. The van der Waals surface area contributed by atoms with Crippen LogP contribution in [-0.4, -0.2) is 40.1 Å². The van der Waals surface area contributed by atoms with Gasteiger partial charge in [0.1, 0.15) is 18.1 Å². The third-order valence-electron chi connectivity index (χ3n) is 6.28. The van der Waals surface area contributed by atoms with Crippen LogP contribution in [0.4, 0.5) is 5.69 Å². The van der Waals surface area contributed by atoms with Crippen LogP contribution >= 0.6 is 23.2 Å². The van der Waals surface area contributed by atoms with E-state index in [4.69, 9.17) is 27.6 Å². The second-order valence-corrected chi connectivity index (χ2v) is 12.9. The number of anilines is 1. The van der Waals surface area contributed by atoms with Crippen LogP contribution < -0.4 is 4.31 Å². The van der Waals surface area contributed by atoms with Crippen molar-refractivity contribution in [1.29, 1.82) is 0 Å². The summed E-state index contributed by atoms with van der Waals surface area (Å²) in [5.74, 6) is -0.254. The third-order valence-corrected chi connectivity index (χ3v) is 8.49. The number of hydrogen-bond donors (Lipinski definition) is 1. The summed E-state index contributed by atoms with van der Waals surface area (Å²) in [6.07, 6.45) is 6.48. The first-order chi connectivity index (χ1) is 18.9. The molecule has 3 aromatic heterocycles. The molecule has 0 aliphatic rings. The Labute approximate surface area is 240 Å². The smallest absolute Gasteiger partial charge is 0.328 e. The van der Waals surface area contributed by atoms with Crippen molar-refractivity contribution in [1.82, 2.24) is 14.5 Å². The highest BCUT2D eigenvalue weighted by atomic mass is 35.5. The third kappa shape index (κ3) is 5.17. The zero-order chi connectivity index (χ0) is 28.8. The summed E-state index contributed by atoms with van der Waals surface area (Å²) < 4.78 is 36.3. The SMILES string of the molecule is CC(C)(C)C(C(=O)O)N(c1ccc2c(ccn2-c2cc(-c3ncco3)ccn2)c1)S(=O)(=O)c1cc(Cl)cc(Cl)c1. The first-order valence-corrected chi connectivity index (χ1v) is 14.3. The number of carboxylic acid groups (broad SMARTS) is 1. The highest BCUT2D eigenvalue weighted by Crippen LogP contribution is 2.37. The fraction of sp³-hybridized carbons (Fsp3) is 0.179. The number of nitrogens with zero attached hydrogens (tertiary/aromatic N) is 4. The van der Waals surface area contributed by atoms with Gasteiger partial charge in [-0.3, -0.25) is 4.31 Å². The molecule has 0 spiro atoms. The zero-order valence-electron chi connectivity index (χ0n) is 21.6. The normalized spacial score (nSPS) is 12.9. The highest BCUT2D eigenvalue weighted by Gasteiger charge is 2.43. The molecule has 0 aliphatic heterocycles. The number of carboxylic acids is 1. The van der Waals surface area contributed by atoms with Gasteiger partial charge in [-0.25, -0.2) is 23.2 Å². The minimum Gasteiger partial charge on any atom is -0.480 e. The minimum atomic E-state index is -4.42. The maximum absolute atomic E-state index is 14.1. The largest absolute Gasteiger partial charge is 0.480 e. The van der Waals surface area contributed by atoms with E-state index in [0.29, 0.717) is 17.1 Å². The van der Waals surface area contributed by atoms with Crippen molar-refractivity contribution in [3.63, 3.8) is 0 Å². The predicted molar refractivity (Wildman–Crippen MR) is 154 cm³/mol. The lowest BCUT2D eigenvalue weighted by molar-refractivity contribution is -0.140. The summed E-state index contributed by atoms with van der Waals surface area (Å²) in [6, 6.07) is 12.8. The summed E-state index contributed by atoms with van der Waals surface area (Å²) in [5, 5.41) is 11.1. The summed E-state index contributed by atoms with van der Waals surface area (Å²) >= 11 is 12.2. The lowest BCUT2D eigenvalue weighted by atomic mass is 9.86. The van der Waals surface area contributed by atoms with Gasteiger partial charge in [-0.15, -0.1) is 0 Å². The van der Waals surface area contributed by atoms with Crippen LogP contribution in [-0.2, 0) is 14.8 Å². The molecule has 0 fully saturated rings. The van der Waals surface area contributed by atoms with Crippen molar-refractivity contribution in [2.45, 2.75) is 31.7 Å². The fourth-order valence-corrected chi connectivity index (χ4v) is 7.07. The second kappa shape index (κ2) is 10.3. The molecule has 0 saturated carbocycles. The number of aliphatic carboxylic acids is 1. The summed E-state index contributed by atoms with van der Waals surface area (Å²) in [5.41, 5.74) is 0.656. The molecule has 5 aromatic rings. The summed E-state index contributed by atoms with van der Waals surface area (Å²) in [4.78, 5) is 21.0. The van der Waals surface area contributed by atoms with Gasteiger partial charge >= 0.3 is 5.97 Å². The Morgan fingerprint density at radius 1 is 1.00 bits per heavy atom. The molecule has 0 amide bonds. The van der Waals surface area contributed by atoms with E-state index in [1.807, 2.05) is 10.6 Å². The summed E-state index contributed by atoms with van der Waals surface area (Å²) in [7, 11) is -4.42. The molecular formula is C28H24Cl2N4O5S. The maximum Gasteiger partial charge on any atom is 0.328 e. The molecular weight excluding hydrogens is 575 g/mol. The number of carbonyl (C=O) groups is 1. The van der Waals surface area contributed by atoms with Crippen molar-refractivity contribution in [2.75, 3.05) is 4.31 Å². The van der Waals surface area contributed by atoms with Crippen molar-refractivity contribution in [3.8, 4) is 17.3 Å². The van der Waals surface area contributed by atoms with Gasteiger partial charge in [0, 0.05) is 33.4 Å². The number of pyridine rings is 1. The molecule has 0 aliphatic carbocycles. The van der Waals surface area contributed by atoms with E-state index in [0.717, 1.165) is 15.4 Å². The quantitative estimate of drug-likeness (QED) is 0.222. The van der Waals surface area contributed by atoms with Crippen molar-refractivity contribution in [3.05, 3.63) is 89.5 Å². The lowest BCUT2D eigenvalue weighted by Crippen LogP contribution is -2.52. The van der Waals surface area contributed by atoms with Gasteiger partial charge in [0.25, 0.3) is 10.0 Å². The van der Waals surface area contributed by atoms with Crippen LogP contribution in [0.25, 0.3) is 28.2 Å². The molecule has 1 unspecified atom stereocenters. The lowest BCUT2D eigenvalue weighted by Gasteiger charge is -2.37. The Bertz CT molecular complexity index is 1810. The molecule has 2 aromatic carbocycles. The van der Waals surface area contributed by atoms with Crippen LogP contribution in [0.1, 0.15) is 20.8 Å². The molecule has 0 bridgehead atoms. The molecule has 0 radical (unpaired) electrons. The fourth-order valence-electron chi connectivity index (χ4n) is 4.56. The van der Waals surface area contributed by atoms with Crippen LogP contribution in [0.3, 0.4) is 0 Å². The predicted octanol–water partition coefficient (Wildman–Crippen LogP) is 6.68. The van der Waals surface area contributed by atoms with E-state index in [9.17, 15) is 18.3 Å². The number of halogens is 2. The van der Waals surface area contributed by atoms with E-state index in [-0.39, 0.29) is 20.6 Å². The molecule has 1 atom stereocenters. The number of oxazole rings is 1. The topological polar surface area (TPSA) is 119 Å². The van der Waals surface area contributed by atoms with Gasteiger partial charge in [0.05, 0.1) is 22.3 Å². The van der Waals surface area contributed by atoms with E-state index >= 15 is 0 Å². The van der Waals surface area contributed by atoms with E-state index in [1.165, 1.54) is 24.5 Å². The Morgan fingerprint density at radius 2 is 1.73 bits per heavy atom. The molecule has 206 valence electrons. The van der Waals surface area contributed by atoms with Gasteiger partial charge in [-0.05, 0) is 60.0 Å². The maximum atomic E-state index is 14.1. The average Bonchev–Trinajstić information content (AvgIpc) is 3.56. The Balaban J connectivity index is 1.66. The molecule has 40 heavy (non-hydrogen) atoms. The van der Waals surface area contributed by atoms with E-state index < -0.39 is 27.4 Å². The standard InChI is InChI=1S/C28H24Cl2N4O5S/c1-28(2,3)25(27(35)36)34(40(37,38)22-15-19(29)14-20(30)16-22)21-4-5-23-17(12-21)7-10-33(23)24-13-18(6-8-31-24)26-32-9-11-39-26/h4-16,25H,1-3H3,(H,35,36). The number of hydrogen-bond acceptors (Lipinski definition) is 6. The Morgan fingerprint density at radius 3 is 2.35 bits per heavy atom. The number of aromatic nitrogens is 3.